The first-order valence-electron chi connectivity index (χ1n) is 7.80. The molecule has 1 fully saturated rings. The summed E-state index contributed by atoms with van der Waals surface area (Å²) in [5, 5.41) is 18.1. The molecule has 23 heavy (non-hydrogen) atoms. The van der Waals surface area contributed by atoms with Gasteiger partial charge in [0.25, 0.3) is 0 Å². The van der Waals surface area contributed by atoms with Gasteiger partial charge in [0.2, 0.25) is 0 Å². The molecule has 0 radical (unpaired) electrons. The van der Waals surface area contributed by atoms with Crippen LogP contribution in [0.1, 0.15) is 25.5 Å². The number of benzene rings is 1. The molecular weight excluding hydrogens is 319 g/mol. The summed E-state index contributed by atoms with van der Waals surface area (Å²) in [6.07, 6.45) is 3.69. The highest BCUT2D eigenvalue weighted by atomic mass is 35.5. The first-order valence-corrected chi connectivity index (χ1v) is 8.18. The fraction of sp³-hybridized carbons (Fsp3) is 0.500. The molecular formula is C16H20ClFN4O. The van der Waals surface area contributed by atoms with E-state index in [-0.39, 0.29) is 11.1 Å². The van der Waals surface area contributed by atoms with E-state index in [1.165, 1.54) is 12.1 Å². The van der Waals surface area contributed by atoms with Gasteiger partial charge in [-0.3, -0.25) is 4.90 Å². The lowest BCUT2D eigenvalue weighted by molar-refractivity contribution is 0.0594. The van der Waals surface area contributed by atoms with Gasteiger partial charge in [-0.05, 0) is 50.4 Å². The van der Waals surface area contributed by atoms with Gasteiger partial charge in [0.1, 0.15) is 5.82 Å². The zero-order valence-electron chi connectivity index (χ0n) is 13.0. The van der Waals surface area contributed by atoms with Crippen LogP contribution < -0.4 is 0 Å². The molecule has 0 saturated carbocycles. The van der Waals surface area contributed by atoms with E-state index in [1.807, 2.05) is 13.1 Å². The molecule has 1 aromatic carbocycles. The van der Waals surface area contributed by atoms with Crippen LogP contribution in [0.25, 0.3) is 5.69 Å². The van der Waals surface area contributed by atoms with Crippen molar-refractivity contribution in [2.45, 2.75) is 32.4 Å². The molecule has 1 aliphatic rings. The highest BCUT2D eigenvalue weighted by molar-refractivity contribution is 6.30. The Hall–Kier alpha value is -1.50. The average Bonchev–Trinajstić information content (AvgIpc) is 2.99. The highest BCUT2D eigenvalue weighted by Gasteiger charge is 2.24. The number of halogens is 2. The third kappa shape index (κ3) is 3.88. The third-order valence-electron chi connectivity index (χ3n) is 4.32. The van der Waals surface area contributed by atoms with Crippen LogP contribution >= 0.6 is 11.6 Å². The smallest absolute Gasteiger partial charge is 0.141 e. The van der Waals surface area contributed by atoms with Crippen molar-refractivity contribution in [1.29, 1.82) is 0 Å². The van der Waals surface area contributed by atoms with Gasteiger partial charge in [0.15, 0.2) is 0 Å². The minimum atomic E-state index is -0.451. The van der Waals surface area contributed by atoms with Crippen molar-refractivity contribution in [3.63, 3.8) is 0 Å². The summed E-state index contributed by atoms with van der Waals surface area (Å²) in [5.41, 5.74) is 1.52. The van der Waals surface area contributed by atoms with Crippen molar-refractivity contribution in [2.75, 3.05) is 13.1 Å². The van der Waals surface area contributed by atoms with E-state index in [2.05, 4.69) is 15.2 Å². The zero-order chi connectivity index (χ0) is 16.4. The van der Waals surface area contributed by atoms with Gasteiger partial charge in [0.05, 0.1) is 28.7 Å². The Labute approximate surface area is 139 Å². The molecule has 2 heterocycles. The molecule has 0 aliphatic carbocycles. The van der Waals surface area contributed by atoms with Crippen molar-refractivity contribution < 1.29 is 9.50 Å². The molecule has 1 aromatic heterocycles. The molecule has 2 unspecified atom stereocenters. The van der Waals surface area contributed by atoms with Crippen LogP contribution in [0.5, 0.6) is 0 Å². The average molecular weight is 339 g/mol. The quantitative estimate of drug-likeness (QED) is 0.931. The maximum atomic E-state index is 13.2. The molecule has 0 spiro atoms. The third-order valence-corrected chi connectivity index (χ3v) is 4.61. The first kappa shape index (κ1) is 16.4. The van der Waals surface area contributed by atoms with E-state index >= 15 is 0 Å². The minimum absolute atomic E-state index is 0.0651. The number of aliphatic hydroxyl groups excluding tert-OH is 1. The fourth-order valence-corrected chi connectivity index (χ4v) is 3.16. The van der Waals surface area contributed by atoms with Gasteiger partial charge in [-0.1, -0.05) is 16.8 Å². The molecule has 0 bridgehead atoms. The van der Waals surface area contributed by atoms with Gasteiger partial charge >= 0.3 is 0 Å². The van der Waals surface area contributed by atoms with Crippen molar-refractivity contribution in [1.82, 2.24) is 19.9 Å². The molecule has 0 amide bonds. The van der Waals surface area contributed by atoms with E-state index in [0.29, 0.717) is 18.2 Å². The van der Waals surface area contributed by atoms with E-state index < -0.39 is 5.82 Å². The number of rotatable bonds is 4. The predicted molar refractivity (Wildman–Crippen MR) is 86.0 cm³/mol. The molecule has 3 rings (SSSR count). The summed E-state index contributed by atoms with van der Waals surface area (Å²) in [6, 6.07) is 4.46. The van der Waals surface area contributed by atoms with Crippen LogP contribution in [0.3, 0.4) is 0 Å². The topological polar surface area (TPSA) is 54.2 Å². The Morgan fingerprint density at radius 3 is 3.04 bits per heavy atom. The monoisotopic (exact) mass is 338 g/mol. The number of aromatic nitrogens is 3. The summed E-state index contributed by atoms with van der Waals surface area (Å²) in [4.78, 5) is 2.28. The second-order valence-electron chi connectivity index (χ2n) is 6.13. The Morgan fingerprint density at radius 1 is 1.48 bits per heavy atom. The Bertz CT molecular complexity index is 676. The number of hydrogen-bond acceptors (Lipinski definition) is 4. The van der Waals surface area contributed by atoms with Crippen LogP contribution in [0.2, 0.25) is 5.02 Å². The van der Waals surface area contributed by atoms with E-state index in [4.69, 9.17) is 11.6 Å². The summed E-state index contributed by atoms with van der Waals surface area (Å²) in [6.45, 7) is 4.41. The van der Waals surface area contributed by atoms with Crippen molar-refractivity contribution in [3.05, 3.63) is 40.9 Å². The number of nitrogens with zero attached hydrogens (tertiary/aromatic N) is 4. The lowest BCUT2D eigenvalue weighted by Crippen LogP contribution is -2.39. The maximum absolute atomic E-state index is 13.2. The van der Waals surface area contributed by atoms with Crippen molar-refractivity contribution in [3.8, 4) is 5.69 Å². The summed E-state index contributed by atoms with van der Waals surface area (Å²) < 4.78 is 14.8. The van der Waals surface area contributed by atoms with Gasteiger partial charge in [0, 0.05) is 13.1 Å². The van der Waals surface area contributed by atoms with Gasteiger partial charge < -0.3 is 5.11 Å². The SMILES string of the molecule is CC(O)C1CCCN(Cc2cn(-c3ccc(F)c(Cl)c3)nn2)C1. The van der Waals surface area contributed by atoms with E-state index in [1.54, 1.807) is 10.7 Å². The highest BCUT2D eigenvalue weighted by Crippen LogP contribution is 2.22. The molecule has 2 atom stereocenters. The molecule has 1 aliphatic heterocycles. The number of hydrogen-bond donors (Lipinski definition) is 1. The van der Waals surface area contributed by atoms with Crippen LogP contribution in [0.4, 0.5) is 4.39 Å². The first-order chi connectivity index (χ1) is 11.0. The van der Waals surface area contributed by atoms with E-state index in [9.17, 15) is 9.50 Å². The normalized spacial score (nSPS) is 20.6. The molecule has 1 saturated heterocycles. The Kier molecular flexibility index (Phi) is 4.94. The number of likely N-dealkylation sites (tertiary alicyclic amines) is 1. The molecule has 2 aromatic rings. The summed E-state index contributed by atoms with van der Waals surface area (Å²) in [7, 11) is 0. The van der Waals surface area contributed by atoms with Crippen molar-refractivity contribution >= 4 is 11.6 Å². The Balaban J connectivity index is 1.68. The molecule has 5 nitrogen and oxygen atoms in total. The summed E-state index contributed by atoms with van der Waals surface area (Å²) in [5.74, 6) is -0.136. The molecule has 7 heteroatoms. The standard InChI is InChI=1S/C16H20ClFN4O/c1-11(23)12-3-2-6-21(8-12)9-13-10-22(20-19-13)14-4-5-16(18)15(17)7-14/h4-5,7,10-12,23H,2-3,6,8-9H2,1H3. The predicted octanol–water partition coefficient (Wildman–Crippen LogP) is 2.65. The zero-order valence-corrected chi connectivity index (χ0v) is 13.7. The maximum Gasteiger partial charge on any atom is 0.141 e. The van der Waals surface area contributed by atoms with Gasteiger partial charge in [-0.15, -0.1) is 5.10 Å². The van der Waals surface area contributed by atoms with Gasteiger partial charge in [-0.25, -0.2) is 9.07 Å². The van der Waals surface area contributed by atoms with E-state index in [0.717, 1.165) is 31.6 Å². The lowest BCUT2D eigenvalue weighted by Gasteiger charge is -2.33. The fourth-order valence-electron chi connectivity index (χ4n) is 2.98. The van der Waals surface area contributed by atoms with Crippen LogP contribution in [-0.4, -0.2) is 44.2 Å². The second kappa shape index (κ2) is 6.95. The largest absolute Gasteiger partial charge is 0.393 e. The number of piperidine rings is 1. The van der Waals surface area contributed by atoms with Crippen LogP contribution in [0, 0.1) is 11.7 Å². The molecule has 1 N–H and O–H groups in total. The van der Waals surface area contributed by atoms with Gasteiger partial charge in [-0.2, -0.15) is 0 Å². The van der Waals surface area contributed by atoms with Crippen LogP contribution in [0.15, 0.2) is 24.4 Å². The second-order valence-corrected chi connectivity index (χ2v) is 6.54. The Morgan fingerprint density at radius 2 is 2.30 bits per heavy atom. The summed E-state index contributed by atoms with van der Waals surface area (Å²) >= 11 is 5.80. The number of aliphatic hydroxyl groups is 1. The minimum Gasteiger partial charge on any atom is -0.393 e. The lowest BCUT2D eigenvalue weighted by atomic mass is 9.93. The molecule has 124 valence electrons. The van der Waals surface area contributed by atoms with Crippen LogP contribution in [-0.2, 0) is 6.54 Å². The van der Waals surface area contributed by atoms with Crippen molar-refractivity contribution in [2.24, 2.45) is 5.92 Å².